The highest BCUT2D eigenvalue weighted by Crippen LogP contribution is 2.22. The summed E-state index contributed by atoms with van der Waals surface area (Å²) in [5.74, 6) is 0.806. The predicted molar refractivity (Wildman–Crippen MR) is 84.6 cm³/mol. The molecule has 23 heavy (non-hydrogen) atoms. The molecule has 0 spiro atoms. The Morgan fingerprint density at radius 1 is 1.00 bits per heavy atom. The Kier molecular flexibility index (Phi) is 3.73. The summed E-state index contributed by atoms with van der Waals surface area (Å²) >= 11 is 0. The number of sulfone groups is 1. The van der Waals surface area contributed by atoms with Gasteiger partial charge in [-0.3, -0.25) is 0 Å². The normalized spacial score (nSPS) is 11.6. The maximum absolute atomic E-state index is 13.1. The monoisotopic (exact) mass is 331 g/mol. The molecule has 0 radical (unpaired) electrons. The molecule has 3 rings (SSSR count). The molecule has 0 aliphatic carbocycles. The predicted octanol–water partition coefficient (Wildman–Crippen LogP) is 2.79. The van der Waals surface area contributed by atoms with Gasteiger partial charge in [-0.15, -0.1) is 0 Å². The first kappa shape index (κ1) is 15.4. The Morgan fingerprint density at radius 3 is 2.17 bits per heavy atom. The summed E-state index contributed by atoms with van der Waals surface area (Å²) in [4.78, 5) is 4.61. The molecule has 2 aromatic carbocycles. The van der Waals surface area contributed by atoms with E-state index in [9.17, 15) is 12.8 Å². The molecule has 0 atom stereocenters. The van der Waals surface area contributed by atoms with Crippen LogP contribution in [0.2, 0.25) is 0 Å². The molecule has 0 amide bonds. The van der Waals surface area contributed by atoms with Crippen LogP contribution in [0, 0.1) is 12.7 Å². The first-order chi connectivity index (χ1) is 10.8. The van der Waals surface area contributed by atoms with Crippen LogP contribution in [0.5, 0.6) is 0 Å². The van der Waals surface area contributed by atoms with Gasteiger partial charge in [-0.2, -0.15) is 5.10 Å². The molecule has 0 aliphatic rings. The molecular formula is C16H14FN3O2S. The number of rotatable bonds is 3. The van der Waals surface area contributed by atoms with Crippen LogP contribution in [0.1, 0.15) is 5.82 Å². The lowest BCUT2D eigenvalue weighted by atomic mass is 10.2. The van der Waals surface area contributed by atoms with Gasteiger partial charge in [0, 0.05) is 11.8 Å². The van der Waals surface area contributed by atoms with Crippen LogP contribution in [0.25, 0.3) is 17.1 Å². The second-order valence-corrected chi connectivity index (χ2v) is 7.18. The van der Waals surface area contributed by atoms with E-state index >= 15 is 0 Å². The van der Waals surface area contributed by atoms with E-state index in [1.807, 2.05) is 0 Å². The lowest BCUT2D eigenvalue weighted by Gasteiger charge is -2.07. The average Bonchev–Trinajstić information content (AvgIpc) is 2.89. The molecule has 1 aromatic heterocycles. The zero-order valence-electron chi connectivity index (χ0n) is 12.6. The zero-order chi connectivity index (χ0) is 16.6. The Bertz CT molecular complexity index is 946. The van der Waals surface area contributed by atoms with Crippen LogP contribution in [0.4, 0.5) is 4.39 Å². The van der Waals surface area contributed by atoms with E-state index in [-0.39, 0.29) is 10.7 Å². The van der Waals surface area contributed by atoms with Gasteiger partial charge in [-0.1, -0.05) is 0 Å². The Labute approximate surface area is 133 Å². The average molecular weight is 331 g/mol. The van der Waals surface area contributed by atoms with Crippen molar-refractivity contribution >= 4 is 9.84 Å². The van der Waals surface area contributed by atoms with E-state index in [2.05, 4.69) is 10.1 Å². The second kappa shape index (κ2) is 5.58. The summed E-state index contributed by atoms with van der Waals surface area (Å²) in [5.41, 5.74) is 1.40. The summed E-state index contributed by atoms with van der Waals surface area (Å²) in [5, 5.41) is 4.33. The minimum Gasteiger partial charge on any atom is -0.224 e. The lowest BCUT2D eigenvalue weighted by Crippen LogP contribution is -2.02. The van der Waals surface area contributed by atoms with E-state index in [1.165, 1.54) is 24.3 Å². The summed E-state index contributed by atoms with van der Waals surface area (Å²) in [6.45, 7) is 1.76. The van der Waals surface area contributed by atoms with E-state index in [0.29, 0.717) is 17.3 Å². The van der Waals surface area contributed by atoms with Crippen LogP contribution in [0.3, 0.4) is 0 Å². The third-order valence-corrected chi connectivity index (χ3v) is 4.45. The molecule has 0 fully saturated rings. The second-order valence-electron chi connectivity index (χ2n) is 5.17. The van der Waals surface area contributed by atoms with E-state index in [4.69, 9.17) is 0 Å². The van der Waals surface area contributed by atoms with E-state index in [1.54, 1.807) is 35.9 Å². The summed E-state index contributed by atoms with van der Waals surface area (Å²) < 4.78 is 37.8. The number of benzene rings is 2. The number of hydrogen-bond donors (Lipinski definition) is 0. The molecule has 118 valence electrons. The van der Waals surface area contributed by atoms with Gasteiger partial charge in [-0.05, 0) is 55.5 Å². The molecule has 5 nitrogen and oxygen atoms in total. The highest BCUT2D eigenvalue weighted by atomic mass is 32.2. The quantitative estimate of drug-likeness (QED) is 0.740. The zero-order valence-corrected chi connectivity index (χ0v) is 13.4. The first-order valence-electron chi connectivity index (χ1n) is 6.85. The fourth-order valence-electron chi connectivity index (χ4n) is 2.22. The topological polar surface area (TPSA) is 64.8 Å². The molecule has 0 unspecified atom stereocenters. The maximum Gasteiger partial charge on any atom is 0.175 e. The SMILES string of the molecule is Cc1nc(-c2ccc(F)cc2)n(-c2ccc(S(C)(=O)=O)cc2)n1. The number of aromatic nitrogens is 3. The number of aryl methyl sites for hydroxylation is 1. The fourth-order valence-corrected chi connectivity index (χ4v) is 2.85. The molecule has 0 aliphatic heterocycles. The summed E-state index contributed by atoms with van der Waals surface area (Å²) in [7, 11) is -3.25. The van der Waals surface area contributed by atoms with Crippen molar-refractivity contribution < 1.29 is 12.8 Å². The minimum absolute atomic E-state index is 0.237. The van der Waals surface area contributed by atoms with Gasteiger partial charge >= 0.3 is 0 Å². The minimum atomic E-state index is -3.25. The number of halogens is 1. The largest absolute Gasteiger partial charge is 0.224 e. The third-order valence-electron chi connectivity index (χ3n) is 3.32. The van der Waals surface area contributed by atoms with Crippen LogP contribution in [-0.4, -0.2) is 29.4 Å². The van der Waals surface area contributed by atoms with Crippen LogP contribution >= 0.6 is 0 Å². The molecule has 0 saturated carbocycles. The third kappa shape index (κ3) is 3.14. The van der Waals surface area contributed by atoms with Crippen molar-refractivity contribution in [2.45, 2.75) is 11.8 Å². The van der Waals surface area contributed by atoms with Crippen molar-refractivity contribution in [2.24, 2.45) is 0 Å². The van der Waals surface area contributed by atoms with Crippen molar-refractivity contribution in [1.29, 1.82) is 0 Å². The highest BCUT2D eigenvalue weighted by molar-refractivity contribution is 7.90. The molecule has 0 saturated heterocycles. The molecular weight excluding hydrogens is 317 g/mol. The lowest BCUT2D eigenvalue weighted by molar-refractivity contribution is 0.602. The first-order valence-corrected chi connectivity index (χ1v) is 8.74. The van der Waals surface area contributed by atoms with Crippen LogP contribution < -0.4 is 0 Å². The van der Waals surface area contributed by atoms with Crippen molar-refractivity contribution in [3.05, 3.63) is 60.2 Å². The van der Waals surface area contributed by atoms with Crippen LogP contribution in [0.15, 0.2) is 53.4 Å². The Balaban J connectivity index is 2.09. The maximum atomic E-state index is 13.1. The fraction of sp³-hybridized carbons (Fsp3) is 0.125. The van der Waals surface area contributed by atoms with Gasteiger partial charge in [0.25, 0.3) is 0 Å². The Morgan fingerprint density at radius 2 is 1.61 bits per heavy atom. The van der Waals surface area contributed by atoms with Gasteiger partial charge < -0.3 is 0 Å². The van der Waals surface area contributed by atoms with Gasteiger partial charge in [0.15, 0.2) is 15.7 Å². The van der Waals surface area contributed by atoms with Gasteiger partial charge in [0.05, 0.1) is 10.6 Å². The highest BCUT2D eigenvalue weighted by Gasteiger charge is 2.13. The van der Waals surface area contributed by atoms with Crippen LogP contribution in [-0.2, 0) is 9.84 Å². The number of nitrogens with zero attached hydrogens (tertiary/aromatic N) is 3. The van der Waals surface area contributed by atoms with E-state index < -0.39 is 9.84 Å². The van der Waals surface area contributed by atoms with Gasteiger partial charge in [0.2, 0.25) is 0 Å². The summed E-state index contributed by atoms with van der Waals surface area (Å²) in [6, 6.07) is 12.3. The smallest absolute Gasteiger partial charge is 0.175 e. The molecule has 0 N–H and O–H groups in total. The van der Waals surface area contributed by atoms with Crippen molar-refractivity contribution in [3.8, 4) is 17.1 Å². The van der Waals surface area contributed by atoms with Crippen molar-refractivity contribution in [3.63, 3.8) is 0 Å². The standard InChI is InChI=1S/C16H14FN3O2S/c1-11-18-16(12-3-5-13(17)6-4-12)20(19-11)14-7-9-15(10-8-14)23(2,21)22/h3-10H,1-2H3. The Hall–Kier alpha value is -2.54. The summed E-state index contributed by atoms with van der Waals surface area (Å²) in [6.07, 6.45) is 1.16. The molecule has 0 bridgehead atoms. The number of hydrogen-bond acceptors (Lipinski definition) is 4. The molecule has 1 heterocycles. The molecule has 3 aromatic rings. The van der Waals surface area contributed by atoms with Crippen molar-refractivity contribution in [1.82, 2.24) is 14.8 Å². The van der Waals surface area contributed by atoms with E-state index in [0.717, 1.165) is 11.8 Å². The van der Waals surface area contributed by atoms with Gasteiger partial charge in [0.1, 0.15) is 11.6 Å². The van der Waals surface area contributed by atoms with Gasteiger partial charge in [-0.25, -0.2) is 22.5 Å². The molecule has 7 heteroatoms. The van der Waals surface area contributed by atoms with Crippen molar-refractivity contribution in [2.75, 3.05) is 6.26 Å².